The van der Waals surface area contributed by atoms with Crippen LogP contribution < -0.4 is 0 Å². The third-order valence-electron chi connectivity index (χ3n) is 0. The minimum absolute atomic E-state index is 0.130. The Kier molecular flexibility index (Phi) is 1.81. The molecule has 4 heavy (non-hydrogen) atoms. The van der Waals surface area contributed by atoms with Crippen LogP contribution in [0.15, 0.2) is 0 Å². The Morgan fingerprint density at radius 3 is 1.50 bits per heavy atom. The molecule has 0 rings (SSSR count). The van der Waals surface area contributed by atoms with Gasteiger partial charge >= 0.3 is 27.9 Å². The third kappa shape index (κ3) is 33.1. The molecular weight excluding hydrogens is 65.8 g/mol. The van der Waals surface area contributed by atoms with Crippen molar-refractivity contribution < 1.29 is 0 Å². The summed E-state index contributed by atoms with van der Waals surface area (Å²) >= 11 is 0. The van der Waals surface area contributed by atoms with Crippen LogP contribution in [0.5, 0.6) is 0 Å². The van der Waals surface area contributed by atoms with Gasteiger partial charge in [0.05, 0.1) is 0 Å². The van der Waals surface area contributed by atoms with Gasteiger partial charge in [0.15, 0.2) is 0 Å². The normalized spacial score (nSPS) is 6.25. The van der Waals surface area contributed by atoms with Crippen molar-refractivity contribution >= 4 is 14.6 Å². The molecule has 0 amide bonds. The Labute approximate surface area is 28.9 Å². The van der Waals surface area contributed by atoms with Gasteiger partial charge in [-0.2, -0.15) is 0 Å². The van der Waals surface area contributed by atoms with Crippen LogP contribution in [-0.4, -0.2) is 20.5 Å². The predicted molar refractivity (Wildman–Crippen MR) is 25.9 cm³/mol. The number of rotatable bonds is 0. The molecule has 0 unspecified atom stereocenters. The fourth-order valence-corrected chi connectivity index (χ4v) is 0. The molecule has 0 aliphatic heterocycles. The van der Waals surface area contributed by atoms with Gasteiger partial charge in [-0.1, -0.05) is 0 Å². The Hall–Kier alpha value is 0.365. The monoisotopic (exact) mass is 73.0 g/mol. The van der Waals surface area contributed by atoms with Gasteiger partial charge < -0.3 is 0 Å². The molecule has 0 aliphatic carbocycles. The van der Waals surface area contributed by atoms with Crippen molar-refractivity contribution in [3.63, 3.8) is 0 Å². The van der Waals surface area contributed by atoms with Crippen molar-refractivity contribution in [1.29, 1.82) is 0 Å². The van der Waals surface area contributed by atoms with Crippen molar-refractivity contribution in [3.8, 4) is 0 Å². The van der Waals surface area contributed by atoms with Crippen LogP contribution in [0.1, 0.15) is 0 Å². The van der Waals surface area contributed by atoms with Gasteiger partial charge in [-0.3, -0.25) is 0 Å². The predicted octanol–water partition coefficient (Wildman–Crippen LogP) is 0.544. The van der Waals surface area contributed by atoms with E-state index in [1.165, 1.54) is 0 Å². The Bertz CT molecular complexity index is 29.0. The first-order valence-electron chi connectivity index (χ1n) is 1.21. The molecule has 0 aromatic carbocycles. The summed E-state index contributed by atoms with van der Waals surface area (Å²) in [4.78, 5) is 0. The Morgan fingerprint density at radius 1 is 1.50 bits per heavy atom. The molecule has 0 N–H and O–H groups in total. The zero-order valence-electron chi connectivity index (χ0n) is 3.15. The molecule has 0 atom stereocenters. The molecule has 0 radical (unpaired) electrons. The summed E-state index contributed by atoms with van der Waals surface area (Å²) in [5.41, 5.74) is 0. The summed E-state index contributed by atoms with van der Waals surface area (Å²) in [7, 11) is 3.83. The van der Waals surface area contributed by atoms with Crippen molar-refractivity contribution in [1.82, 2.24) is 0 Å². The molecule has 0 saturated carbocycles. The zero-order valence-corrected chi connectivity index (χ0v) is 4.05. The van der Waals surface area contributed by atoms with Crippen molar-refractivity contribution in [2.24, 2.45) is 0 Å². The van der Waals surface area contributed by atoms with E-state index in [1.54, 1.807) is 0 Å². The molecule has 0 fully saturated rings. The van der Waals surface area contributed by atoms with Gasteiger partial charge in [0.25, 0.3) is 0 Å². The number of hydrogen-bond donors (Lipinski definition) is 0. The molecule has 0 bridgehead atoms. The van der Waals surface area contributed by atoms with Gasteiger partial charge in [-0.05, 0) is 0 Å². The SMILES string of the molecule is B=[P+](C)C. The summed E-state index contributed by atoms with van der Waals surface area (Å²) in [6, 6.07) is 0. The van der Waals surface area contributed by atoms with Gasteiger partial charge in [0.2, 0.25) is 0 Å². The molecule has 0 aromatic rings. The fraction of sp³-hybridized carbons (Fsp3) is 1.00. The second-order valence-electron chi connectivity index (χ2n) is 1.08. The van der Waals surface area contributed by atoms with Crippen LogP contribution >= 0.6 is 7.41 Å². The summed E-state index contributed by atoms with van der Waals surface area (Å²) in [5.74, 6) is 0. The molecule has 0 spiro atoms. The van der Waals surface area contributed by atoms with E-state index in [9.17, 15) is 0 Å². The molecule has 0 saturated heterocycles. The molecule has 0 aromatic heterocycles. The van der Waals surface area contributed by atoms with Crippen LogP contribution in [0.2, 0.25) is 0 Å². The average Bonchev–Trinajstić information content (AvgIpc) is 0.811. The topological polar surface area (TPSA) is 0 Å². The molecule has 2 heteroatoms. The first-order chi connectivity index (χ1) is 1.73. The zero-order chi connectivity index (χ0) is 3.58. The summed E-state index contributed by atoms with van der Waals surface area (Å²) in [5, 5.41) is 0. The van der Waals surface area contributed by atoms with Crippen molar-refractivity contribution in [2.75, 3.05) is 13.3 Å². The van der Waals surface area contributed by atoms with E-state index in [0.29, 0.717) is 0 Å². The average molecular weight is 72.9 g/mol. The van der Waals surface area contributed by atoms with Gasteiger partial charge in [-0.15, -0.1) is 0 Å². The van der Waals surface area contributed by atoms with Gasteiger partial charge in [0, 0.05) is 0 Å². The van der Waals surface area contributed by atoms with Crippen LogP contribution in [0.25, 0.3) is 0 Å². The van der Waals surface area contributed by atoms with Gasteiger partial charge in [-0.25, -0.2) is 0 Å². The van der Waals surface area contributed by atoms with E-state index in [-0.39, 0.29) is 7.41 Å². The van der Waals surface area contributed by atoms with Crippen LogP contribution in [0, 0.1) is 0 Å². The van der Waals surface area contributed by atoms with Crippen LogP contribution in [0.4, 0.5) is 0 Å². The van der Waals surface area contributed by atoms with Crippen LogP contribution in [-0.2, 0) is 0 Å². The second-order valence-corrected chi connectivity index (χ2v) is 3.24. The maximum absolute atomic E-state index is 3.70. The Morgan fingerprint density at radius 2 is 1.50 bits per heavy atom. The minimum atomic E-state index is 0.130. The van der Waals surface area contributed by atoms with E-state index >= 15 is 0 Å². The van der Waals surface area contributed by atoms with E-state index in [0.717, 1.165) is 0 Å². The van der Waals surface area contributed by atoms with Crippen LogP contribution in [0.3, 0.4) is 0 Å². The van der Waals surface area contributed by atoms with Crippen molar-refractivity contribution in [2.45, 2.75) is 0 Å². The van der Waals surface area contributed by atoms with E-state index in [4.69, 9.17) is 0 Å². The fourth-order valence-electron chi connectivity index (χ4n) is 0. The first-order valence-corrected chi connectivity index (χ1v) is 3.63. The van der Waals surface area contributed by atoms with E-state index in [1.807, 2.05) is 0 Å². The molecule has 22 valence electrons. The summed E-state index contributed by atoms with van der Waals surface area (Å²) in [6.07, 6.45) is 0. The molecular formula is C2H7BP+. The van der Waals surface area contributed by atoms with Crippen molar-refractivity contribution in [3.05, 3.63) is 0 Å². The first kappa shape index (κ1) is 4.36. The van der Waals surface area contributed by atoms with E-state index < -0.39 is 0 Å². The quantitative estimate of drug-likeness (QED) is 0.290. The molecule has 0 nitrogen and oxygen atoms in total. The third-order valence-corrected chi connectivity index (χ3v) is 0. The second kappa shape index (κ2) is 1.66. The summed E-state index contributed by atoms with van der Waals surface area (Å²) in [6.45, 7) is 4.24. The maximum atomic E-state index is 3.70. The Balaban J connectivity index is 2.80. The van der Waals surface area contributed by atoms with Gasteiger partial charge in [0.1, 0.15) is 0 Å². The molecule has 0 aliphatic rings. The van der Waals surface area contributed by atoms with E-state index in [2.05, 4.69) is 20.5 Å². The standard InChI is InChI=1S/C2H7BP/c1-4(2)3/h3H,1-2H3/q+1. The number of hydrogen-bond acceptors (Lipinski definition) is 0. The molecule has 0 heterocycles. The summed E-state index contributed by atoms with van der Waals surface area (Å²) < 4.78 is 0.